The Morgan fingerprint density at radius 1 is 1.26 bits per heavy atom. The van der Waals surface area contributed by atoms with Gasteiger partial charge in [0.15, 0.2) is 0 Å². The number of carbonyl (C=O) groups excluding carboxylic acids is 1. The summed E-state index contributed by atoms with van der Waals surface area (Å²) < 4.78 is 0.914. The summed E-state index contributed by atoms with van der Waals surface area (Å²) in [5, 5.41) is 2.85. The standard InChI is InChI=1S/C16H12BrNO/c1-3-12-6-4-7-13(10-12)18-16(19)14-8-5-9-15(17)11(14)2/h1,4-10H,2H3,(H,18,19). The van der Waals surface area contributed by atoms with Crippen LogP contribution in [0.25, 0.3) is 0 Å². The Kier molecular flexibility index (Phi) is 4.03. The molecule has 0 saturated carbocycles. The molecule has 0 aliphatic carbocycles. The van der Waals surface area contributed by atoms with Gasteiger partial charge in [0.2, 0.25) is 0 Å². The van der Waals surface area contributed by atoms with Crippen molar-refractivity contribution < 1.29 is 4.79 Å². The van der Waals surface area contributed by atoms with E-state index in [9.17, 15) is 4.79 Å². The third-order valence-corrected chi connectivity index (χ3v) is 3.66. The fraction of sp³-hybridized carbons (Fsp3) is 0.0625. The van der Waals surface area contributed by atoms with Gasteiger partial charge < -0.3 is 5.32 Å². The van der Waals surface area contributed by atoms with Gasteiger partial charge in [-0.25, -0.2) is 0 Å². The summed E-state index contributed by atoms with van der Waals surface area (Å²) in [6, 6.07) is 12.8. The zero-order valence-corrected chi connectivity index (χ0v) is 12.0. The van der Waals surface area contributed by atoms with E-state index in [0.29, 0.717) is 11.3 Å². The summed E-state index contributed by atoms with van der Waals surface area (Å²) in [6.07, 6.45) is 5.34. The molecule has 94 valence electrons. The number of amides is 1. The van der Waals surface area contributed by atoms with Gasteiger partial charge in [-0.15, -0.1) is 6.42 Å². The first kappa shape index (κ1) is 13.4. The summed E-state index contributed by atoms with van der Waals surface area (Å²) in [7, 11) is 0. The number of terminal acetylenes is 1. The average Bonchev–Trinajstić information content (AvgIpc) is 2.42. The molecule has 1 amide bonds. The van der Waals surface area contributed by atoms with Crippen LogP contribution >= 0.6 is 15.9 Å². The molecule has 2 aromatic rings. The molecule has 0 heterocycles. The van der Waals surface area contributed by atoms with Crippen molar-refractivity contribution in [3.05, 3.63) is 63.6 Å². The highest BCUT2D eigenvalue weighted by Gasteiger charge is 2.10. The minimum Gasteiger partial charge on any atom is -0.322 e. The van der Waals surface area contributed by atoms with Crippen molar-refractivity contribution in [1.29, 1.82) is 0 Å². The van der Waals surface area contributed by atoms with E-state index in [0.717, 1.165) is 15.6 Å². The average molecular weight is 314 g/mol. The van der Waals surface area contributed by atoms with Crippen LogP contribution in [0, 0.1) is 19.3 Å². The van der Waals surface area contributed by atoms with Gasteiger partial charge in [0.25, 0.3) is 5.91 Å². The molecule has 3 heteroatoms. The monoisotopic (exact) mass is 313 g/mol. The second kappa shape index (κ2) is 5.73. The van der Waals surface area contributed by atoms with Gasteiger partial charge in [0.1, 0.15) is 0 Å². The molecule has 1 N–H and O–H groups in total. The maximum Gasteiger partial charge on any atom is 0.255 e. The van der Waals surface area contributed by atoms with Crippen molar-refractivity contribution in [2.45, 2.75) is 6.92 Å². The Balaban J connectivity index is 2.26. The van der Waals surface area contributed by atoms with E-state index in [1.54, 1.807) is 12.1 Å². The molecule has 0 saturated heterocycles. The molecule has 0 radical (unpaired) electrons. The lowest BCUT2D eigenvalue weighted by molar-refractivity contribution is 0.102. The molecule has 2 rings (SSSR count). The maximum atomic E-state index is 12.2. The predicted octanol–water partition coefficient (Wildman–Crippen LogP) is 3.99. The lowest BCUT2D eigenvalue weighted by Gasteiger charge is -2.09. The minimum atomic E-state index is -0.145. The number of nitrogens with one attached hydrogen (secondary N) is 1. The molecule has 0 spiro atoms. The molecular formula is C16H12BrNO. The number of hydrogen-bond acceptors (Lipinski definition) is 1. The van der Waals surface area contributed by atoms with Crippen LogP contribution < -0.4 is 5.32 Å². The smallest absolute Gasteiger partial charge is 0.255 e. The van der Waals surface area contributed by atoms with Gasteiger partial charge in [-0.1, -0.05) is 34.0 Å². The van der Waals surface area contributed by atoms with Crippen LogP contribution in [0.15, 0.2) is 46.9 Å². The highest BCUT2D eigenvalue weighted by molar-refractivity contribution is 9.10. The highest BCUT2D eigenvalue weighted by atomic mass is 79.9. The molecule has 0 unspecified atom stereocenters. The van der Waals surface area contributed by atoms with Gasteiger partial charge in [0, 0.05) is 21.3 Å². The molecule has 0 aliphatic rings. The van der Waals surface area contributed by atoms with E-state index in [4.69, 9.17) is 6.42 Å². The van der Waals surface area contributed by atoms with Crippen LogP contribution in [0.5, 0.6) is 0 Å². The third-order valence-electron chi connectivity index (χ3n) is 2.80. The van der Waals surface area contributed by atoms with E-state index in [-0.39, 0.29) is 5.91 Å². The normalized spacial score (nSPS) is 9.74. The topological polar surface area (TPSA) is 29.1 Å². The number of anilines is 1. The Hall–Kier alpha value is -2.05. The summed E-state index contributed by atoms with van der Waals surface area (Å²) in [5.74, 6) is 2.40. The zero-order chi connectivity index (χ0) is 13.8. The van der Waals surface area contributed by atoms with E-state index in [2.05, 4.69) is 27.2 Å². The van der Waals surface area contributed by atoms with Gasteiger partial charge in [-0.2, -0.15) is 0 Å². The fourth-order valence-electron chi connectivity index (χ4n) is 1.74. The van der Waals surface area contributed by atoms with E-state index < -0.39 is 0 Å². The first-order valence-electron chi connectivity index (χ1n) is 5.75. The summed E-state index contributed by atoms with van der Waals surface area (Å²) in [5.41, 5.74) is 2.98. The van der Waals surface area contributed by atoms with Crippen molar-refractivity contribution in [3.8, 4) is 12.3 Å². The van der Waals surface area contributed by atoms with Gasteiger partial charge in [-0.05, 0) is 42.8 Å². The first-order valence-corrected chi connectivity index (χ1v) is 6.54. The summed E-state index contributed by atoms with van der Waals surface area (Å²) >= 11 is 3.42. The zero-order valence-electron chi connectivity index (χ0n) is 10.4. The lowest BCUT2D eigenvalue weighted by atomic mass is 10.1. The number of halogens is 1. The van der Waals surface area contributed by atoms with Crippen LogP contribution in [0.3, 0.4) is 0 Å². The predicted molar refractivity (Wildman–Crippen MR) is 81.2 cm³/mol. The van der Waals surface area contributed by atoms with Crippen LogP contribution in [-0.2, 0) is 0 Å². The molecule has 0 aromatic heterocycles. The minimum absolute atomic E-state index is 0.145. The number of benzene rings is 2. The second-order valence-electron chi connectivity index (χ2n) is 4.09. The SMILES string of the molecule is C#Cc1cccc(NC(=O)c2cccc(Br)c2C)c1. The summed E-state index contributed by atoms with van der Waals surface area (Å²) in [6.45, 7) is 1.90. The molecule has 2 nitrogen and oxygen atoms in total. The van der Waals surface area contributed by atoms with E-state index in [1.807, 2.05) is 37.3 Å². The number of hydrogen-bond donors (Lipinski definition) is 1. The molecule has 0 fully saturated rings. The van der Waals surface area contributed by atoms with Gasteiger partial charge in [0.05, 0.1) is 0 Å². The van der Waals surface area contributed by atoms with Crippen molar-refractivity contribution in [3.63, 3.8) is 0 Å². The second-order valence-corrected chi connectivity index (χ2v) is 4.95. The maximum absolute atomic E-state index is 12.2. The first-order chi connectivity index (χ1) is 9.11. The van der Waals surface area contributed by atoms with E-state index in [1.165, 1.54) is 0 Å². The Bertz CT molecular complexity index is 671. The van der Waals surface area contributed by atoms with Crippen molar-refractivity contribution >= 4 is 27.5 Å². The van der Waals surface area contributed by atoms with Crippen LogP contribution in [0.2, 0.25) is 0 Å². The Labute approximate surface area is 121 Å². The van der Waals surface area contributed by atoms with Crippen LogP contribution in [0.4, 0.5) is 5.69 Å². The molecule has 0 bridgehead atoms. The fourth-order valence-corrected chi connectivity index (χ4v) is 2.10. The third kappa shape index (κ3) is 3.04. The largest absolute Gasteiger partial charge is 0.322 e. The molecule has 2 aromatic carbocycles. The van der Waals surface area contributed by atoms with Crippen LogP contribution in [0.1, 0.15) is 21.5 Å². The molecular weight excluding hydrogens is 302 g/mol. The summed E-state index contributed by atoms with van der Waals surface area (Å²) in [4.78, 5) is 12.2. The van der Waals surface area contributed by atoms with Crippen LogP contribution in [-0.4, -0.2) is 5.91 Å². The Morgan fingerprint density at radius 3 is 2.74 bits per heavy atom. The lowest BCUT2D eigenvalue weighted by Crippen LogP contribution is -2.13. The van der Waals surface area contributed by atoms with Crippen molar-refractivity contribution in [2.75, 3.05) is 5.32 Å². The Morgan fingerprint density at radius 2 is 2.00 bits per heavy atom. The van der Waals surface area contributed by atoms with E-state index >= 15 is 0 Å². The number of rotatable bonds is 2. The molecule has 0 atom stereocenters. The van der Waals surface area contributed by atoms with Gasteiger partial charge in [-0.3, -0.25) is 4.79 Å². The quantitative estimate of drug-likeness (QED) is 0.834. The molecule has 19 heavy (non-hydrogen) atoms. The van der Waals surface area contributed by atoms with Crippen molar-refractivity contribution in [1.82, 2.24) is 0 Å². The van der Waals surface area contributed by atoms with Crippen molar-refractivity contribution in [2.24, 2.45) is 0 Å². The highest BCUT2D eigenvalue weighted by Crippen LogP contribution is 2.20. The van der Waals surface area contributed by atoms with Gasteiger partial charge >= 0.3 is 0 Å². The molecule has 0 aliphatic heterocycles. The number of carbonyl (C=O) groups is 1.